The zero-order valence-electron chi connectivity index (χ0n) is 16.2. The summed E-state index contributed by atoms with van der Waals surface area (Å²) in [5.41, 5.74) is 2.69. The number of amides is 1. The second-order valence-electron chi connectivity index (χ2n) is 6.95. The number of nitrogens with one attached hydrogen (secondary N) is 1. The van der Waals surface area contributed by atoms with Crippen LogP contribution in [0.5, 0.6) is 5.75 Å². The molecule has 1 heterocycles. The summed E-state index contributed by atoms with van der Waals surface area (Å²) in [7, 11) is -3.23. The van der Waals surface area contributed by atoms with Crippen molar-refractivity contribution >= 4 is 21.6 Å². The first-order chi connectivity index (χ1) is 13.4. The van der Waals surface area contributed by atoms with Gasteiger partial charge in [0.25, 0.3) is 5.91 Å². The molecule has 1 N–H and O–H groups in total. The van der Waals surface area contributed by atoms with Crippen LogP contribution in [-0.2, 0) is 27.8 Å². The smallest absolute Gasteiger partial charge is 0.265 e. The van der Waals surface area contributed by atoms with Gasteiger partial charge in [-0.25, -0.2) is 8.42 Å². The van der Waals surface area contributed by atoms with Gasteiger partial charge in [-0.05, 0) is 55.2 Å². The highest BCUT2D eigenvalue weighted by molar-refractivity contribution is 7.89. The van der Waals surface area contributed by atoms with Gasteiger partial charge in [0.1, 0.15) is 5.75 Å². The Hall–Kier alpha value is -2.38. The van der Waals surface area contributed by atoms with Gasteiger partial charge in [0.05, 0.1) is 5.75 Å². The third-order valence-electron chi connectivity index (χ3n) is 4.73. The van der Waals surface area contributed by atoms with E-state index in [1.807, 2.05) is 43.3 Å². The Morgan fingerprint density at radius 1 is 1.18 bits per heavy atom. The van der Waals surface area contributed by atoms with Crippen molar-refractivity contribution in [2.24, 2.45) is 0 Å². The van der Waals surface area contributed by atoms with Gasteiger partial charge >= 0.3 is 0 Å². The van der Waals surface area contributed by atoms with E-state index >= 15 is 0 Å². The standard InChI is InChI=1S/C21H26N2O4S/c1-3-13-28(25,26)23-12-11-17-9-10-19(14-18(17)15-23)22-21(24)16(2)27-20-7-5-4-6-8-20/h4-10,14,16H,3,11-13,15H2,1-2H3,(H,22,24). The van der Waals surface area contributed by atoms with Crippen molar-refractivity contribution in [2.75, 3.05) is 17.6 Å². The van der Waals surface area contributed by atoms with Crippen LogP contribution in [0.25, 0.3) is 0 Å². The van der Waals surface area contributed by atoms with Gasteiger partial charge < -0.3 is 10.1 Å². The van der Waals surface area contributed by atoms with Crippen LogP contribution in [0.15, 0.2) is 48.5 Å². The molecule has 0 saturated carbocycles. The molecule has 1 aliphatic rings. The lowest BCUT2D eigenvalue weighted by Crippen LogP contribution is -2.37. The van der Waals surface area contributed by atoms with Gasteiger partial charge in [0.15, 0.2) is 6.10 Å². The van der Waals surface area contributed by atoms with Crippen molar-refractivity contribution in [1.82, 2.24) is 4.31 Å². The lowest BCUT2D eigenvalue weighted by molar-refractivity contribution is -0.122. The summed E-state index contributed by atoms with van der Waals surface area (Å²) in [4.78, 5) is 12.5. The van der Waals surface area contributed by atoms with E-state index in [1.165, 1.54) is 4.31 Å². The Labute approximate surface area is 166 Å². The third-order valence-corrected chi connectivity index (χ3v) is 6.75. The number of hydrogen-bond acceptors (Lipinski definition) is 4. The fourth-order valence-electron chi connectivity index (χ4n) is 3.23. The van der Waals surface area contributed by atoms with Crippen molar-refractivity contribution in [3.8, 4) is 5.75 Å². The highest BCUT2D eigenvalue weighted by atomic mass is 32.2. The number of fused-ring (bicyclic) bond motifs is 1. The number of sulfonamides is 1. The number of benzene rings is 2. The summed E-state index contributed by atoms with van der Waals surface area (Å²) in [5.74, 6) is 0.537. The second-order valence-corrected chi connectivity index (χ2v) is 9.03. The maximum atomic E-state index is 12.5. The highest BCUT2D eigenvalue weighted by Gasteiger charge is 2.26. The van der Waals surface area contributed by atoms with Crippen molar-refractivity contribution in [2.45, 2.75) is 39.3 Å². The maximum Gasteiger partial charge on any atom is 0.265 e. The number of para-hydroxylation sites is 1. The number of carbonyl (C=O) groups is 1. The fraction of sp³-hybridized carbons (Fsp3) is 0.381. The van der Waals surface area contributed by atoms with Crippen LogP contribution < -0.4 is 10.1 Å². The van der Waals surface area contributed by atoms with E-state index in [4.69, 9.17) is 4.74 Å². The summed E-state index contributed by atoms with van der Waals surface area (Å²) in [6.45, 7) is 4.40. The maximum absolute atomic E-state index is 12.5. The minimum Gasteiger partial charge on any atom is -0.481 e. The normalized spacial score (nSPS) is 15.5. The van der Waals surface area contributed by atoms with E-state index in [2.05, 4.69) is 5.32 Å². The molecule has 2 aromatic rings. The van der Waals surface area contributed by atoms with Gasteiger partial charge in [-0.15, -0.1) is 0 Å². The lowest BCUT2D eigenvalue weighted by Gasteiger charge is -2.28. The molecule has 0 saturated heterocycles. The molecule has 0 aliphatic carbocycles. The molecule has 0 spiro atoms. The van der Waals surface area contributed by atoms with Crippen molar-refractivity contribution in [3.63, 3.8) is 0 Å². The Balaban J connectivity index is 1.67. The van der Waals surface area contributed by atoms with Gasteiger partial charge in [0.2, 0.25) is 10.0 Å². The number of ether oxygens (including phenoxy) is 1. The largest absolute Gasteiger partial charge is 0.481 e. The first-order valence-electron chi connectivity index (χ1n) is 9.51. The van der Waals surface area contributed by atoms with E-state index < -0.39 is 16.1 Å². The molecule has 1 unspecified atom stereocenters. The SMILES string of the molecule is CCCS(=O)(=O)N1CCc2ccc(NC(=O)C(C)Oc3ccccc3)cc2C1. The molecule has 2 aromatic carbocycles. The van der Waals surface area contributed by atoms with Crippen LogP contribution in [0.3, 0.4) is 0 Å². The van der Waals surface area contributed by atoms with Gasteiger partial charge in [-0.1, -0.05) is 31.2 Å². The van der Waals surface area contributed by atoms with Crippen LogP contribution in [0.2, 0.25) is 0 Å². The molecule has 0 fully saturated rings. The monoisotopic (exact) mass is 402 g/mol. The molecule has 6 nitrogen and oxygen atoms in total. The molecule has 7 heteroatoms. The zero-order valence-corrected chi connectivity index (χ0v) is 17.0. The number of hydrogen-bond donors (Lipinski definition) is 1. The first kappa shape index (κ1) is 20.4. The fourth-order valence-corrected chi connectivity index (χ4v) is 4.71. The molecular weight excluding hydrogens is 376 g/mol. The van der Waals surface area contributed by atoms with Crippen molar-refractivity contribution < 1.29 is 17.9 Å². The number of anilines is 1. The first-order valence-corrected chi connectivity index (χ1v) is 11.1. The Morgan fingerprint density at radius 3 is 2.64 bits per heavy atom. The molecule has 3 rings (SSSR count). The van der Waals surface area contributed by atoms with Gasteiger partial charge in [0, 0.05) is 18.8 Å². The summed E-state index contributed by atoms with van der Waals surface area (Å²) in [5, 5.41) is 2.86. The van der Waals surface area contributed by atoms with E-state index in [9.17, 15) is 13.2 Å². The van der Waals surface area contributed by atoms with Gasteiger partial charge in [-0.3, -0.25) is 4.79 Å². The lowest BCUT2D eigenvalue weighted by atomic mass is 10.0. The van der Waals surface area contributed by atoms with Gasteiger partial charge in [-0.2, -0.15) is 4.31 Å². The van der Waals surface area contributed by atoms with Crippen molar-refractivity contribution in [1.29, 1.82) is 0 Å². The molecule has 1 atom stereocenters. The summed E-state index contributed by atoms with van der Waals surface area (Å²) < 4.78 is 31.9. The second kappa shape index (κ2) is 8.75. The topological polar surface area (TPSA) is 75.7 Å². The third kappa shape index (κ3) is 4.91. The molecule has 0 aromatic heterocycles. The predicted octanol–water partition coefficient (Wildman–Crippen LogP) is 3.19. The van der Waals surface area contributed by atoms with Crippen LogP contribution in [0, 0.1) is 0 Å². The van der Waals surface area contributed by atoms with Crippen molar-refractivity contribution in [3.05, 3.63) is 59.7 Å². The molecule has 0 radical (unpaired) electrons. The number of carbonyl (C=O) groups excluding carboxylic acids is 1. The molecule has 150 valence electrons. The summed E-state index contributed by atoms with van der Waals surface area (Å²) in [6.07, 6.45) is 0.626. The predicted molar refractivity (Wildman–Crippen MR) is 110 cm³/mol. The quantitative estimate of drug-likeness (QED) is 0.772. The highest BCUT2D eigenvalue weighted by Crippen LogP contribution is 2.25. The zero-order chi connectivity index (χ0) is 20.1. The van der Waals surface area contributed by atoms with Crippen LogP contribution in [-0.4, -0.2) is 37.0 Å². The number of nitrogens with zero attached hydrogens (tertiary/aromatic N) is 1. The molecule has 1 aliphatic heterocycles. The molecule has 0 bridgehead atoms. The Morgan fingerprint density at radius 2 is 1.93 bits per heavy atom. The van der Waals surface area contributed by atoms with E-state index in [0.717, 1.165) is 11.1 Å². The van der Waals surface area contributed by atoms with Crippen LogP contribution in [0.1, 0.15) is 31.4 Å². The van der Waals surface area contributed by atoms with E-state index in [0.29, 0.717) is 37.4 Å². The Bertz CT molecular complexity index is 929. The Kier molecular flexibility index (Phi) is 6.36. The molecule has 28 heavy (non-hydrogen) atoms. The minimum atomic E-state index is -3.23. The average molecular weight is 403 g/mol. The minimum absolute atomic E-state index is 0.160. The number of rotatable bonds is 7. The average Bonchev–Trinajstić information content (AvgIpc) is 2.68. The summed E-state index contributed by atoms with van der Waals surface area (Å²) in [6, 6.07) is 14.8. The summed E-state index contributed by atoms with van der Waals surface area (Å²) >= 11 is 0. The van der Waals surface area contributed by atoms with E-state index in [-0.39, 0.29) is 11.7 Å². The van der Waals surface area contributed by atoms with Crippen LogP contribution >= 0.6 is 0 Å². The van der Waals surface area contributed by atoms with Crippen LogP contribution in [0.4, 0.5) is 5.69 Å². The molecule has 1 amide bonds. The molecular formula is C21H26N2O4S. The van der Waals surface area contributed by atoms with E-state index in [1.54, 1.807) is 19.1 Å².